The van der Waals surface area contributed by atoms with Crippen LogP contribution in [-0.4, -0.2) is 35.6 Å². The molecule has 0 heterocycles. The summed E-state index contributed by atoms with van der Waals surface area (Å²) >= 11 is 0. The molecule has 0 bridgehead atoms. The van der Waals surface area contributed by atoms with Crippen LogP contribution in [0.5, 0.6) is 0 Å². The highest BCUT2D eigenvalue weighted by Gasteiger charge is 2.14. The summed E-state index contributed by atoms with van der Waals surface area (Å²) in [6, 6.07) is 0. The van der Waals surface area contributed by atoms with Crippen molar-refractivity contribution in [2.45, 2.75) is 206 Å². The third-order valence-electron chi connectivity index (χ3n) is 9.55. The van der Waals surface area contributed by atoms with E-state index in [9.17, 15) is 14.4 Å². The first-order valence-corrected chi connectivity index (χ1v) is 22.7. The lowest BCUT2D eigenvalue weighted by Gasteiger charge is -2.18. The average Bonchev–Trinajstić information content (AvgIpc) is 3.18. The summed E-state index contributed by atoms with van der Waals surface area (Å²) in [6.07, 6.45) is 61.4. The zero-order valence-electron chi connectivity index (χ0n) is 36.0. The van der Waals surface area contributed by atoms with Gasteiger partial charge >= 0.3 is 11.9 Å². The second-order valence-electron chi connectivity index (χ2n) is 14.9. The molecule has 0 saturated carbocycles. The van der Waals surface area contributed by atoms with Crippen LogP contribution in [0.4, 0.5) is 0 Å². The lowest BCUT2D eigenvalue weighted by Crippen LogP contribution is -2.28. The standard InChI is InChI=1S/C50H83NO5/c1-3-5-7-9-11-13-15-16-17-18-19-20-21-22-23-24-25-26-28-30-32-37-41-45-50(55)56-47(42-38-34-31-29-27-14-12-10-8-6-4-2)43-39-35-33-36-40-44-48(52)51-46-49(53)54/h5,7,11,13,16-17,19-20,22-23,25-26,29,31,47H,3-4,6,8-10,12,14-15,18,21,24,27-28,30,32-46H2,1-2H3,(H,51,52)(H,53,54)/b7-5-,13-11-,17-16-,20-19-,23-22-,26-25-,31-29-. The third kappa shape index (κ3) is 43.3. The minimum Gasteiger partial charge on any atom is -0.480 e. The van der Waals surface area contributed by atoms with Crippen LogP contribution in [0.15, 0.2) is 85.1 Å². The first kappa shape index (κ1) is 52.6. The Hall–Kier alpha value is -3.41. The van der Waals surface area contributed by atoms with Gasteiger partial charge < -0.3 is 15.2 Å². The maximum Gasteiger partial charge on any atom is 0.322 e. The molecule has 0 aromatic rings. The Kier molecular flexibility index (Phi) is 41.6. The summed E-state index contributed by atoms with van der Waals surface area (Å²) in [5.74, 6) is -1.28. The van der Waals surface area contributed by atoms with Crippen molar-refractivity contribution in [2.75, 3.05) is 6.54 Å². The number of allylic oxidation sites excluding steroid dienone is 14. The van der Waals surface area contributed by atoms with Crippen molar-refractivity contribution in [1.29, 1.82) is 0 Å². The number of rotatable bonds is 40. The van der Waals surface area contributed by atoms with Gasteiger partial charge in [-0.3, -0.25) is 14.4 Å². The molecular weight excluding hydrogens is 695 g/mol. The number of unbranched alkanes of at least 4 members (excludes halogenated alkanes) is 15. The second-order valence-corrected chi connectivity index (χ2v) is 14.9. The number of ether oxygens (including phenoxy) is 1. The monoisotopic (exact) mass is 778 g/mol. The fraction of sp³-hybridized carbons (Fsp3) is 0.660. The molecule has 0 aromatic carbocycles. The number of esters is 1. The van der Waals surface area contributed by atoms with E-state index in [0.29, 0.717) is 12.8 Å². The van der Waals surface area contributed by atoms with Crippen LogP contribution in [0, 0.1) is 0 Å². The van der Waals surface area contributed by atoms with Crippen molar-refractivity contribution < 1.29 is 24.2 Å². The smallest absolute Gasteiger partial charge is 0.322 e. The van der Waals surface area contributed by atoms with Gasteiger partial charge in [0.25, 0.3) is 0 Å². The number of carbonyl (C=O) groups excluding carboxylic acids is 2. The highest BCUT2D eigenvalue weighted by Crippen LogP contribution is 2.18. The highest BCUT2D eigenvalue weighted by molar-refractivity contribution is 5.80. The summed E-state index contributed by atoms with van der Waals surface area (Å²) in [5.41, 5.74) is 0. The van der Waals surface area contributed by atoms with E-state index in [2.05, 4.69) is 104 Å². The molecule has 0 saturated heterocycles. The van der Waals surface area contributed by atoms with E-state index in [1.165, 1.54) is 38.5 Å². The van der Waals surface area contributed by atoms with Crippen LogP contribution in [0.3, 0.4) is 0 Å². The molecule has 6 heteroatoms. The molecule has 0 spiro atoms. The molecule has 0 rings (SSSR count). The van der Waals surface area contributed by atoms with Gasteiger partial charge in [-0.05, 0) is 109 Å². The van der Waals surface area contributed by atoms with Gasteiger partial charge in [0, 0.05) is 12.8 Å². The molecule has 0 fully saturated rings. The van der Waals surface area contributed by atoms with Crippen molar-refractivity contribution in [3.63, 3.8) is 0 Å². The quantitative estimate of drug-likeness (QED) is 0.0367. The van der Waals surface area contributed by atoms with Gasteiger partial charge in [-0.15, -0.1) is 0 Å². The highest BCUT2D eigenvalue weighted by atomic mass is 16.5. The molecule has 0 aromatic heterocycles. The molecular formula is C50H83NO5. The van der Waals surface area contributed by atoms with Crippen LogP contribution in [-0.2, 0) is 19.1 Å². The van der Waals surface area contributed by atoms with Gasteiger partial charge in [-0.2, -0.15) is 0 Å². The van der Waals surface area contributed by atoms with Crippen LogP contribution < -0.4 is 5.32 Å². The first-order chi connectivity index (χ1) is 27.5. The number of carboxylic acids is 1. The summed E-state index contributed by atoms with van der Waals surface area (Å²) in [5, 5.41) is 11.1. The molecule has 0 radical (unpaired) electrons. The summed E-state index contributed by atoms with van der Waals surface area (Å²) < 4.78 is 6.00. The fourth-order valence-electron chi connectivity index (χ4n) is 6.22. The van der Waals surface area contributed by atoms with Crippen molar-refractivity contribution in [1.82, 2.24) is 5.32 Å². The molecule has 56 heavy (non-hydrogen) atoms. The van der Waals surface area contributed by atoms with Crippen molar-refractivity contribution >= 4 is 17.8 Å². The lowest BCUT2D eigenvalue weighted by molar-refractivity contribution is -0.150. The predicted molar refractivity (Wildman–Crippen MR) is 240 cm³/mol. The maximum atomic E-state index is 12.8. The van der Waals surface area contributed by atoms with Gasteiger partial charge in [-0.1, -0.05) is 163 Å². The van der Waals surface area contributed by atoms with E-state index >= 15 is 0 Å². The van der Waals surface area contributed by atoms with Gasteiger partial charge in [0.1, 0.15) is 12.6 Å². The maximum absolute atomic E-state index is 12.8. The molecule has 6 nitrogen and oxygen atoms in total. The zero-order chi connectivity index (χ0) is 40.8. The van der Waals surface area contributed by atoms with E-state index in [-0.39, 0.29) is 24.5 Å². The van der Waals surface area contributed by atoms with Gasteiger partial charge in [-0.25, -0.2) is 0 Å². The number of aliphatic carboxylic acids is 1. The largest absolute Gasteiger partial charge is 0.480 e. The van der Waals surface area contributed by atoms with Crippen LogP contribution in [0.25, 0.3) is 0 Å². The molecule has 1 amide bonds. The van der Waals surface area contributed by atoms with E-state index < -0.39 is 5.97 Å². The minimum atomic E-state index is -1.02. The molecule has 2 N–H and O–H groups in total. The molecule has 0 aliphatic heterocycles. The van der Waals surface area contributed by atoms with E-state index in [1.807, 2.05) is 0 Å². The summed E-state index contributed by atoms with van der Waals surface area (Å²) in [6.45, 7) is 4.09. The minimum absolute atomic E-state index is 0.0237. The van der Waals surface area contributed by atoms with Crippen molar-refractivity contribution in [3.05, 3.63) is 85.1 Å². The topological polar surface area (TPSA) is 92.7 Å². The van der Waals surface area contributed by atoms with Crippen molar-refractivity contribution in [3.8, 4) is 0 Å². The van der Waals surface area contributed by atoms with Crippen molar-refractivity contribution in [2.24, 2.45) is 0 Å². The van der Waals surface area contributed by atoms with E-state index in [0.717, 1.165) is 135 Å². The lowest BCUT2D eigenvalue weighted by atomic mass is 10.0. The average molecular weight is 778 g/mol. The number of amides is 1. The predicted octanol–water partition coefficient (Wildman–Crippen LogP) is 14.3. The Morgan fingerprint density at radius 3 is 1.43 bits per heavy atom. The number of nitrogens with one attached hydrogen (secondary N) is 1. The molecule has 0 aliphatic rings. The van der Waals surface area contributed by atoms with E-state index in [1.54, 1.807) is 0 Å². The number of carbonyl (C=O) groups is 3. The summed E-state index contributed by atoms with van der Waals surface area (Å²) in [4.78, 5) is 35.1. The Morgan fingerprint density at radius 2 is 0.893 bits per heavy atom. The first-order valence-electron chi connectivity index (χ1n) is 22.7. The molecule has 1 atom stereocenters. The SMILES string of the molecule is CC/C=C\C/C=C\C/C=C\C/C=C\C/C=C\C/C=C\CCCCCCC(=O)OC(CCC/C=C\CCCCCCCC)CCCCCCCC(=O)NCC(=O)O. The number of hydrogen-bond donors (Lipinski definition) is 2. The summed E-state index contributed by atoms with van der Waals surface area (Å²) in [7, 11) is 0. The van der Waals surface area contributed by atoms with Crippen LogP contribution in [0.1, 0.15) is 200 Å². The van der Waals surface area contributed by atoms with Gasteiger partial charge in [0.15, 0.2) is 0 Å². The Labute approximate surface area is 344 Å². The Morgan fingerprint density at radius 1 is 0.482 bits per heavy atom. The number of carboxylic acid groups (broad SMARTS) is 1. The normalized spacial score (nSPS) is 12.9. The molecule has 1 unspecified atom stereocenters. The van der Waals surface area contributed by atoms with Gasteiger partial charge in [0.2, 0.25) is 5.91 Å². The van der Waals surface area contributed by atoms with Crippen LogP contribution >= 0.6 is 0 Å². The Bertz CT molecular complexity index is 1130. The second kappa shape index (κ2) is 44.3. The zero-order valence-corrected chi connectivity index (χ0v) is 36.0. The molecule has 318 valence electrons. The third-order valence-corrected chi connectivity index (χ3v) is 9.55. The Balaban J connectivity index is 4.20. The molecule has 0 aliphatic carbocycles. The number of hydrogen-bond acceptors (Lipinski definition) is 4. The van der Waals surface area contributed by atoms with Gasteiger partial charge in [0.05, 0.1) is 0 Å². The fourth-order valence-corrected chi connectivity index (χ4v) is 6.22. The van der Waals surface area contributed by atoms with Crippen LogP contribution in [0.2, 0.25) is 0 Å². The van der Waals surface area contributed by atoms with E-state index in [4.69, 9.17) is 9.84 Å².